The van der Waals surface area contributed by atoms with Crippen LogP contribution in [0.15, 0.2) is 16.5 Å². The normalized spacial score (nSPS) is 27.4. The van der Waals surface area contributed by atoms with Gasteiger partial charge in [0.2, 0.25) is 0 Å². The molecule has 1 aliphatic carbocycles. The van der Waals surface area contributed by atoms with Crippen LogP contribution < -0.4 is 5.32 Å². The van der Waals surface area contributed by atoms with Crippen LogP contribution in [0.1, 0.15) is 61.9 Å². The van der Waals surface area contributed by atoms with Gasteiger partial charge >= 0.3 is 0 Å². The molecule has 0 bridgehead atoms. The number of rotatable bonds is 2. The number of hydrogen-bond acceptors (Lipinski definition) is 2. The summed E-state index contributed by atoms with van der Waals surface area (Å²) < 4.78 is 6.07. The third-order valence-corrected chi connectivity index (χ3v) is 4.10. The molecular weight excluding hydrogens is 198 g/mol. The van der Waals surface area contributed by atoms with Crippen molar-refractivity contribution >= 4 is 0 Å². The van der Waals surface area contributed by atoms with Gasteiger partial charge in [0.15, 0.2) is 0 Å². The molecule has 0 aromatic carbocycles. The summed E-state index contributed by atoms with van der Waals surface area (Å²) in [4.78, 5) is 0. The van der Waals surface area contributed by atoms with Crippen molar-refractivity contribution in [2.45, 2.75) is 50.4 Å². The average molecular weight is 219 g/mol. The monoisotopic (exact) mass is 219 g/mol. The molecule has 16 heavy (non-hydrogen) atoms. The highest BCUT2D eigenvalue weighted by atomic mass is 16.3. The fourth-order valence-corrected chi connectivity index (χ4v) is 3.11. The van der Waals surface area contributed by atoms with Crippen LogP contribution in [0.25, 0.3) is 0 Å². The molecule has 2 aliphatic rings. The van der Waals surface area contributed by atoms with E-state index >= 15 is 0 Å². The fraction of sp³-hybridized carbons (Fsp3) is 0.714. The number of furan rings is 1. The van der Waals surface area contributed by atoms with Crippen molar-refractivity contribution in [1.82, 2.24) is 5.32 Å². The zero-order valence-corrected chi connectivity index (χ0v) is 9.87. The van der Waals surface area contributed by atoms with Crippen LogP contribution >= 0.6 is 0 Å². The van der Waals surface area contributed by atoms with E-state index in [-0.39, 0.29) is 0 Å². The molecule has 3 rings (SSSR count). The van der Waals surface area contributed by atoms with Crippen LogP contribution in [0.3, 0.4) is 0 Å². The Labute approximate surface area is 97.4 Å². The molecular formula is C14H21NO. The van der Waals surface area contributed by atoms with E-state index in [1.54, 1.807) is 0 Å². The Morgan fingerprint density at radius 3 is 2.31 bits per heavy atom. The topological polar surface area (TPSA) is 25.2 Å². The summed E-state index contributed by atoms with van der Waals surface area (Å²) in [5.74, 6) is 3.79. The maximum atomic E-state index is 6.07. The van der Waals surface area contributed by atoms with Crippen molar-refractivity contribution in [1.29, 1.82) is 0 Å². The van der Waals surface area contributed by atoms with Gasteiger partial charge in [-0.25, -0.2) is 0 Å². The first-order chi connectivity index (χ1) is 7.93. The SMILES string of the molecule is c1cc(C2CCCNC2)oc1C1CCCC1. The van der Waals surface area contributed by atoms with Gasteiger partial charge in [-0.1, -0.05) is 12.8 Å². The van der Waals surface area contributed by atoms with Gasteiger partial charge in [-0.15, -0.1) is 0 Å². The van der Waals surface area contributed by atoms with Crippen LogP contribution in [0.5, 0.6) is 0 Å². The molecule has 0 amide bonds. The van der Waals surface area contributed by atoms with Gasteiger partial charge < -0.3 is 9.73 Å². The van der Waals surface area contributed by atoms with Gasteiger partial charge in [0.1, 0.15) is 11.5 Å². The van der Waals surface area contributed by atoms with E-state index in [9.17, 15) is 0 Å². The molecule has 2 nitrogen and oxygen atoms in total. The third-order valence-electron chi connectivity index (χ3n) is 4.10. The summed E-state index contributed by atoms with van der Waals surface area (Å²) in [5, 5.41) is 3.45. The first-order valence-corrected chi connectivity index (χ1v) is 6.74. The Balaban J connectivity index is 1.71. The van der Waals surface area contributed by atoms with Gasteiger partial charge in [0.25, 0.3) is 0 Å². The quantitative estimate of drug-likeness (QED) is 0.824. The maximum absolute atomic E-state index is 6.07. The molecule has 0 spiro atoms. The summed E-state index contributed by atoms with van der Waals surface area (Å²) in [6.07, 6.45) is 7.98. The number of piperidine rings is 1. The molecule has 1 aliphatic heterocycles. The van der Waals surface area contributed by atoms with Crippen LogP contribution in [-0.4, -0.2) is 13.1 Å². The van der Waals surface area contributed by atoms with E-state index in [0.29, 0.717) is 11.8 Å². The van der Waals surface area contributed by atoms with E-state index in [4.69, 9.17) is 4.42 Å². The average Bonchev–Trinajstić information content (AvgIpc) is 3.01. The van der Waals surface area contributed by atoms with Crippen molar-refractivity contribution < 1.29 is 4.42 Å². The predicted molar refractivity (Wildman–Crippen MR) is 64.8 cm³/mol. The maximum Gasteiger partial charge on any atom is 0.108 e. The molecule has 1 atom stereocenters. The minimum atomic E-state index is 0.615. The summed E-state index contributed by atoms with van der Waals surface area (Å²) in [7, 11) is 0. The molecule has 2 heterocycles. The highest BCUT2D eigenvalue weighted by Gasteiger charge is 2.23. The van der Waals surface area contributed by atoms with Crippen LogP contribution in [0, 0.1) is 0 Å². The third kappa shape index (κ3) is 2.03. The van der Waals surface area contributed by atoms with Crippen LogP contribution in [0.2, 0.25) is 0 Å². The second-order valence-electron chi connectivity index (χ2n) is 5.26. The first-order valence-electron chi connectivity index (χ1n) is 6.74. The van der Waals surface area contributed by atoms with E-state index in [1.807, 2.05) is 0 Å². The molecule has 88 valence electrons. The molecule has 1 unspecified atom stereocenters. The molecule has 1 aromatic rings. The second kappa shape index (κ2) is 4.62. The molecule has 2 heteroatoms. The zero-order chi connectivity index (χ0) is 10.8. The molecule has 1 saturated carbocycles. The first kappa shape index (κ1) is 10.4. The van der Waals surface area contributed by atoms with Gasteiger partial charge in [-0.3, -0.25) is 0 Å². The molecule has 0 radical (unpaired) electrons. The number of nitrogens with one attached hydrogen (secondary N) is 1. The van der Waals surface area contributed by atoms with E-state index in [2.05, 4.69) is 17.4 Å². The Morgan fingerprint density at radius 1 is 0.938 bits per heavy atom. The minimum Gasteiger partial charge on any atom is -0.465 e. The largest absolute Gasteiger partial charge is 0.465 e. The Bertz CT molecular complexity index is 332. The standard InChI is InChI=1S/C14H21NO/c1-2-5-11(4-1)13-7-8-14(16-13)12-6-3-9-15-10-12/h7-8,11-12,15H,1-6,9-10H2. The molecule has 1 saturated heterocycles. The van der Waals surface area contributed by atoms with Crippen molar-refractivity contribution in [3.63, 3.8) is 0 Å². The summed E-state index contributed by atoms with van der Waals surface area (Å²) in [6, 6.07) is 4.44. The molecule has 1 N–H and O–H groups in total. The summed E-state index contributed by atoms with van der Waals surface area (Å²) in [6.45, 7) is 2.27. The lowest BCUT2D eigenvalue weighted by Gasteiger charge is -2.20. The molecule has 1 aromatic heterocycles. The lowest BCUT2D eigenvalue weighted by molar-refractivity contribution is 0.362. The van der Waals surface area contributed by atoms with Crippen molar-refractivity contribution in [2.24, 2.45) is 0 Å². The Hall–Kier alpha value is -0.760. The van der Waals surface area contributed by atoms with E-state index in [1.165, 1.54) is 56.6 Å². The smallest absolute Gasteiger partial charge is 0.108 e. The van der Waals surface area contributed by atoms with E-state index in [0.717, 1.165) is 6.54 Å². The highest BCUT2D eigenvalue weighted by molar-refractivity contribution is 5.16. The fourth-order valence-electron chi connectivity index (χ4n) is 3.11. The van der Waals surface area contributed by atoms with E-state index < -0.39 is 0 Å². The predicted octanol–water partition coefficient (Wildman–Crippen LogP) is 3.40. The van der Waals surface area contributed by atoms with Crippen molar-refractivity contribution in [3.05, 3.63) is 23.7 Å². The van der Waals surface area contributed by atoms with Gasteiger partial charge in [0.05, 0.1) is 0 Å². The highest BCUT2D eigenvalue weighted by Crippen LogP contribution is 2.36. The van der Waals surface area contributed by atoms with Crippen molar-refractivity contribution in [2.75, 3.05) is 13.1 Å². The Morgan fingerprint density at radius 2 is 1.62 bits per heavy atom. The van der Waals surface area contributed by atoms with Crippen LogP contribution in [0.4, 0.5) is 0 Å². The van der Waals surface area contributed by atoms with Crippen LogP contribution in [-0.2, 0) is 0 Å². The lowest BCUT2D eigenvalue weighted by Crippen LogP contribution is -2.28. The van der Waals surface area contributed by atoms with Crippen molar-refractivity contribution in [3.8, 4) is 0 Å². The lowest BCUT2D eigenvalue weighted by atomic mass is 9.97. The number of hydrogen-bond donors (Lipinski definition) is 1. The minimum absolute atomic E-state index is 0.615. The van der Waals surface area contributed by atoms with Gasteiger partial charge in [0, 0.05) is 18.4 Å². The second-order valence-corrected chi connectivity index (χ2v) is 5.26. The molecule has 2 fully saturated rings. The zero-order valence-electron chi connectivity index (χ0n) is 9.87. The van der Waals surface area contributed by atoms with Gasteiger partial charge in [-0.2, -0.15) is 0 Å². The Kier molecular flexibility index (Phi) is 3.00. The summed E-state index contributed by atoms with van der Waals surface area (Å²) >= 11 is 0. The summed E-state index contributed by atoms with van der Waals surface area (Å²) in [5.41, 5.74) is 0. The van der Waals surface area contributed by atoms with Gasteiger partial charge in [-0.05, 0) is 44.4 Å².